The molecule has 3 aromatic carbocycles. The topological polar surface area (TPSA) is 94.8 Å². The first-order chi connectivity index (χ1) is 19.3. The zero-order chi connectivity index (χ0) is 28.6. The predicted octanol–water partition coefficient (Wildman–Crippen LogP) is 6.40. The van der Waals surface area contributed by atoms with E-state index >= 15 is 0 Å². The minimum Gasteiger partial charge on any atom is -0.490 e. The summed E-state index contributed by atoms with van der Waals surface area (Å²) in [5.41, 5.74) is 2.40. The molecule has 1 aromatic heterocycles. The highest BCUT2D eigenvalue weighted by molar-refractivity contribution is 9.10. The molecule has 40 heavy (non-hydrogen) atoms. The molecule has 206 valence electrons. The summed E-state index contributed by atoms with van der Waals surface area (Å²) in [6.45, 7) is 7.78. The number of rotatable bonds is 11. The Balaban J connectivity index is 1.64. The van der Waals surface area contributed by atoms with Crippen molar-refractivity contribution in [3.63, 3.8) is 0 Å². The minimum absolute atomic E-state index is 0.228. The second kappa shape index (κ2) is 13.4. The van der Waals surface area contributed by atoms with E-state index < -0.39 is 0 Å². The van der Waals surface area contributed by atoms with Crippen molar-refractivity contribution in [1.29, 1.82) is 0 Å². The van der Waals surface area contributed by atoms with Gasteiger partial charge >= 0.3 is 0 Å². The summed E-state index contributed by atoms with van der Waals surface area (Å²) in [5.74, 6) is 1.10. The lowest BCUT2D eigenvalue weighted by atomic mass is 10.1. The van der Waals surface area contributed by atoms with Crippen LogP contribution in [-0.2, 0) is 17.6 Å². The number of aryl methyl sites for hydroxylation is 1. The number of hydrogen-bond donors (Lipinski definition) is 1. The lowest BCUT2D eigenvalue weighted by molar-refractivity contribution is -0.118. The Labute approximate surface area is 245 Å². The van der Waals surface area contributed by atoms with E-state index in [1.165, 1.54) is 4.68 Å². The number of aromatic nitrogens is 2. The molecule has 1 N–H and O–H groups in total. The molecule has 0 bridgehead atoms. The maximum absolute atomic E-state index is 13.3. The molecule has 0 fully saturated rings. The molecule has 1 amide bonds. The number of ether oxygens (including phenoxy) is 2. The molecule has 0 aliphatic rings. The van der Waals surface area contributed by atoms with Crippen LogP contribution in [-0.4, -0.2) is 35.0 Å². The van der Waals surface area contributed by atoms with E-state index in [0.717, 1.165) is 10.0 Å². The lowest BCUT2D eigenvalue weighted by Gasteiger charge is -2.16. The van der Waals surface area contributed by atoms with Gasteiger partial charge in [-0.1, -0.05) is 40.5 Å². The Morgan fingerprint density at radius 3 is 2.62 bits per heavy atom. The highest BCUT2D eigenvalue weighted by Crippen LogP contribution is 2.34. The Hall–Kier alpha value is -3.95. The van der Waals surface area contributed by atoms with Crippen LogP contribution in [0.2, 0.25) is 5.02 Å². The van der Waals surface area contributed by atoms with Crippen molar-refractivity contribution >= 4 is 56.2 Å². The highest BCUT2D eigenvalue weighted by atomic mass is 79.9. The van der Waals surface area contributed by atoms with Gasteiger partial charge in [-0.05, 0) is 73.5 Å². The van der Waals surface area contributed by atoms with Gasteiger partial charge in [0, 0.05) is 27.2 Å². The van der Waals surface area contributed by atoms with Crippen LogP contribution in [0.15, 0.2) is 81.6 Å². The average molecular weight is 624 g/mol. The Bertz CT molecular complexity index is 1630. The quantitative estimate of drug-likeness (QED) is 0.154. The lowest BCUT2D eigenvalue weighted by Crippen LogP contribution is -2.22. The third kappa shape index (κ3) is 6.97. The number of hydrogen-bond acceptors (Lipinski definition) is 6. The fourth-order valence-corrected chi connectivity index (χ4v) is 4.51. The second-order valence-electron chi connectivity index (χ2n) is 8.68. The molecule has 10 heteroatoms. The van der Waals surface area contributed by atoms with Crippen molar-refractivity contribution in [3.8, 4) is 11.5 Å². The Morgan fingerprint density at radius 1 is 1.15 bits per heavy atom. The average Bonchev–Trinajstić information content (AvgIpc) is 2.94. The van der Waals surface area contributed by atoms with E-state index in [9.17, 15) is 9.59 Å². The van der Waals surface area contributed by atoms with Crippen molar-refractivity contribution in [2.45, 2.75) is 26.7 Å². The van der Waals surface area contributed by atoms with Crippen LogP contribution in [0, 0.1) is 0 Å². The van der Waals surface area contributed by atoms with E-state index in [-0.39, 0.29) is 18.1 Å². The number of nitrogens with one attached hydrogen (secondary N) is 1. The monoisotopic (exact) mass is 622 g/mol. The third-order valence-electron chi connectivity index (χ3n) is 5.81. The molecule has 1 heterocycles. The molecule has 8 nitrogen and oxygen atoms in total. The summed E-state index contributed by atoms with van der Waals surface area (Å²) in [4.78, 5) is 30.4. The molecule has 0 spiro atoms. The molecule has 0 aliphatic heterocycles. The van der Waals surface area contributed by atoms with Crippen molar-refractivity contribution in [2.24, 2.45) is 5.10 Å². The number of benzene rings is 3. The summed E-state index contributed by atoms with van der Waals surface area (Å²) in [6.07, 6.45) is 4.30. The zero-order valence-corrected chi connectivity index (χ0v) is 24.5. The molecule has 0 saturated carbocycles. The molecule has 0 unspecified atom stereocenters. The smallest absolute Gasteiger partial charge is 0.282 e. The van der Waals surface area contributed by atoms with Crippen LogP contribution in [0.5, 0.6) is 11.5 Å². The minimum atomic E-state index is -0.332. The highest BCUT2D eigenvalue weighted by Gasteiger charge is 2.16. The molecular formula is C30H28BrClN4O4. The van der Waals surface area contributed by atoms with Gasteiger partial charge in [0.1, 0.15) is 5.82 Å². The third-order valence-corrected chi connectivity index (χ3v) is 6.55. The molecule has 0 atom stereocenters. The maximum Gasteiger partial charge on any atom is 0.282 e. The molecule has 0 saturated heterocycles. The van der Waals surface area contributed by atoms with Crippen molar-refractivity contribution < 1.29 is 14.3 Å². The number of carbonyl (C=O) groups is 1. The van der Waals surface area contributed by atoms with E-state index in [4.69, 9.17) is 21.1 Å². The van der Waals surface area contributed by atoms with Crippen molar-refractivity contribution in [3.05, 3.63) is 104 Å². The van der Waals surface area contributed by atoms with Gasteiger partial charge in [0.25, 0.3) is 11.5 Å². The standard InChI is InChI=1S/C30H28BrClN4O4/c1-4-7-20-14-19(17-33-36-27(5-2)35-25-13-8-21(31)16-24(25)30(36)38)15-26(39-6-3)29(20)40-18-28(37)34-23-11-9-22(32)10-12-23/h4,8-17H,1,5-7,18H2,2-3H3,(H,34,37). The number of halogens is 2. The maximum atomic E-state index is 13.3. The van der Waals surface area contributed by atoms with Crippen LogP contribution in [0.3, 0.4) is 0 Å². The number of allylic oxidation sites excluding steroid dienone is 1. The summed E-state index contributed by atoms with van der Waals surface area (Å²) in [5, 5.41) is 8.31. The van der Waals surface area contributed by atoms with Gasteiger partial charge in [0.05, 0.1) is 23.7 Å². The van der Waals surface area contributed by atoms with Crippen molar-refractivity contribution in [1.82, 2.24) is 9.66 Å². The summed E-state index contributed by atoms with van der Waals surface area (Å²) in [7, 11) is 0. The van der Waals surface area contributed by atoms with Crippen molar-refractivity contribution in [2.75, 3.05) is 18.5 Å². The number of carbonyl (C=O) groups excluding carboxylic acids is 1. The molecule has 0 aliphatic carbocycles. The van der Waals surface area contributed by atoms with Gasteiger partial charge in [-0.15, -0.1) is 6.58 Å². The van der Waals surface area contributed by atoms with Gasteiger partial charge in [0.15, 0.2) is 18.1 Å². The Kier molecular flexibility index (Phi) is 9.74. The zero-order valence-electron chi connectivity index (χ0n) is 22.1. The van der Waals surface area contributed by atoms with Crippen LogP contribution >= 0.6 is 27.5 Å². The Morgan fingerprint density at radius 2 is 1.93 bits per heavy atom. The van der Waals surface area contributed by atoms with E-state index in [2.05, 4.69) is 37.9 Å². The second-order valence-corrected chi connectivity index (χ2v) is 10.0. The van der Waals surface area contributed by atoms with Gasteiger partial charge in [0.2, 0.25) is 0 Å². The number of anilines is 1. The summed E-state index contributed by atoms with van der Waals surface area (Å²) < 4.78 is 13.9. The normalized spacial score (nSPS) is 11.1. The van der Waals surface area contributed by atoms with E-state index in [0.29, 0.717) is 63.9 Å². The van der Waals surface area contributed by atoms with Crippen LogP contribution < -0.4 is 20.3 Å². The van der Waals surface area contributed by atoms with E-state index in [1.54, 1.807) is 54.8 Å². The van der Waals surface area contributed by atoms with Gasteiger partial charge in [-0.3, -0.25) is 9.59 Å². The number of nitrogens with zero attached hydrogens (tertiary/aromatic N) is 3. The van der Waals surface area contributed by atoms with Crippen LogP contribution in [0.25, 0.3) is 10.9 Å². The van der Waals surface area contributed by atoms with Gasteiger partial charge in [-0.2, -0.15) is 9.78 Å². The van der Waals surface area contributed by atoms with Gasteiger partial charge in [-0.25, -0.2) is 4.98 Å². The first-order valence-corrected chi connectivity index (χ1v) is 13.8. The number of amides is 1. The fourth-order valence-electron chi connectivity index (χ4n) is 4.03. The predicted molar refractivity (Wildman–Crippen MR) is 163 cm³/mol. The largest absolute Gasteiger partial charge is 0.490 e. The molecule has 0 radical (unpaired) electrons. The molecular weight excluding hydrogens is 596 g/mol. The SMILES string of the molecule is C=CCc1cc(C=Nn2c(CC)nc3ccc(Br)cc3c2=O)cc(OCC)c1OCC(=O)Nc1ccc(Cl)cc1. The summed E-state index contributed by atoms with van der Waals surface area (Å²) >= 11 is 9.33. The molecule has 4 rings (SSSR count). The first-order valence-electron chi connectivity index (χ1n) is 12.7. The summed E-state index contributed by atoms with van der Waals surface area (Å²) in [6, 6.07) is 15.8. The van der Waals surface area contributed by atoms with Gasteiger partial charge < -0.3 is 14.8 Å². The first kappa shape index (κ1) is 29.0. The fraction of sp³-hybridized carbons (Fsp3) is 0.200. The van der Waals surface area contributed by atoms with E-state index in [1.807, 2.05) is 26.0 Å². The van der Waals surface area contributed by atoms with Crippen LogP contribution in [0.4, 0.5) is 5.69 Å². The number of fused-ring (bicyclic) bond motifs is 1. The van der Waals surface area contributed by atoms with Crippen LogP contribution in [0.1, 0.15) is 30.8 Å². The molecule has 4 aromatic rings.